The van der Waals surface area contributed by atoms with Crippen LogP contribution in [0.2, 0.25) is 10.0 Å². The molecule has 1 aromatic rings. The molecule has 0 aliphatic heterocycles. The molecule has 1 rings (SSSR count). The van der Waals surface area contributed by atoms with E-state index >= 15 is 0 Å². The highest BCUT2D eigenvalue weighted by molar-refractivity contribution is 7.80. The minimum Gasteiger partial charge on any atom is -0.364 e. The van der Waals surface area contributed by atoms with Crippen LogP contribution in [0.4, 0.5) is 5.69 Å². The molecule has 9 heteroatoms. The first-order valence-electron chi connectivity index (χ1n) is 4.60. The van der Waals surface area contributed by atoms with Crippen LogP contribution in [0.5, 0.6) is 0 Å². The summed E-state index contributed by atoms with van der Waals surface area (Å²) >= 11 is 16.4. The highest BCUT2D eigenvalue weighted by atomic mass is 35.5. The maximum atomic E-state index is 10.7. The second-order valence-electron chi connectivity index (χ2n) is 3.03. The summed E-state index contributed by atoms with van der Waals surface area (Å²) < 4.78 is 0. The van der Waals surface area contributed by atoms with Crippen LogP contribution >= 0.6 is 35.4 Å². The highest BCUT2D eigenvalue weighted by Crippen LogP contribution is 2.29. The van der Waals surface area contributed by atoms with Crippen molar-refractivity contribution in [3.8, 4) is 0 Å². The Balaban J connectivity index is 2.99. The monoisotopic (exact) mass is 306 g/mol. The van der Waals surface area contributed by atoms with Crippen LogP contribution in [-0.2, 0) is 0 Å². The number of nitro groups is 1. The maximum Gasteiger partial charge on any atom is 0.288 e. The summed E-state index contributed by atoms with van der Waals surface area (Å²) in [4.78, 5) is 10.1. The number of halogens is 2. The largest absolute Gasteiger partial charge is 0.364 e. The van der Waals surface area contributed by atoms with Crippen LogP contribution in [-0.4, -0.2) is 23.3 Å². The lowest BCUT2D eigenvalue weighted by atomic mass is 10.2. The van der Waals surface area contributed by atoms with Gasteiger partial charge in [0.25, 0.3) is 5.69 Å². The fourth-order valence-corrected chi connectivity index (χ4v) is 1.56. The molecular weight excluding hydrogens is 299 g/mol. The Hall–Kier alpha value is -1.44. The Kier molecular flexibility index (Phi) is 5.26. The van der Waals surface area contributed by atoms with Crippen molar-refractivity contribution in [1.29, 1.82) is 0 Å². The van der Waals surface area contributed by atoms with Gasteiger partial charge in [0, 0.05) is 18.7 Å². The molecule has 6 nitrogen and oxygen atoms in total. The number of thiocarbonyl (C=S) groups is 1. The van der Waals surface area contributed by atoms with Gasteiger partial charge < -0.3 is 5.32 Å². The summed E-state index contributed by atoms with van der Waals surface area (Å²) in [6, 6.07) is 2.53. The number of rotatable bonds is 3. The average Bonchev–Trinajstić information content (AvgIpc) is 2.31. The number of hydrogen-bond acceptors (Lipinski definition) is 4. The molecule has 0 heterocycles. The van der Waals surface area contributed by atoms with Crippen molar-refractivity contribution >= 4 is 52.4 Å². The molecule has 96 valence electrons. The molecule has 0 unspecified atom stereocenters. The van der Waals surface area contributed by atoms with Gasteiger partial charge in [-0.05, 0) is 18.3 Å². The summed E-state index contributed by atoms with van der Waals surface area (Å²) in [7, 11) is 1.63. The lowest BCUT2D eigenvalue weighted by Crippen LogP contribution is -2.28. The summed E-state index contributed by atoms with van der Waals surface area (Å²) in [6.45, 7) is 0. The lowest BCUT2D eigenvalue weighted by Gasteiger charge is -2.02. The van der Waals surface area contributed by atoms with Gasteiger partial charge in [0.1, 0.15) is 5.02 Å². The number of nitro benzene ring substituents is 1. The van der Waals surface area contributed by atoms with Gasteiger partial charge in [0.05, 0.1) is 16.2 Å². The third kappa shape index (κ3) is 3.80. The molecule has 0 fully saturated rings. The number of nitrogens with one attached hydrogen (secondary N) is 2. The van der Waals surface area contributed by atoms with Gasteiger partial charge in [-0.15, -0.1) is 0 Å². The van der Waals surface area contributed by atoms with Crippen molar-refractivity contribution in [2.45, 2.75) is 0 Å². The Labute approximate surface area is 118 Å². The zero-order valence-corrected chi connectivity index (χ0v) is 11.4. The quantitative estimate of drug-likeness (QED) is 0.388. The molecule has 0 atom stereocenters. The molecule has 0 saturated heterocycles. The molecule has 0 radical (unpaired) electrons. The van der Waals surface area contributed by atoms with Gasteiger partial charge in [-0.3, -0.25) is 15.5 Å². The van der Waals surface area contributed by atoms with E-state index in [0.717, 1.165) is 0 Å². The molecule has 2 N–H and O–H groups in total. The van der Waals surface area contributed by atoms with Gasteiger partial charge >= 0.3 is 0 Å². The van der Waals surface area contributed by atoms with Crippen LogP contribution in [0.3, 0.4) is 0 Å². The zero-order valence-electron chi connectivity index (χ0n) is 9.11. The topological polar surface area (TPSA) is 79.6 Å². The SMILES string of the molecule is CNC(=S)NN=Cc1cc([N+](=O)[O-])c(Cl)cc1Cl. The Morgan fingerprint density at radius 3 is 2.72 bits per heavy atom. The molecule has 1 aromatic carbocycles. The normalized spacial score (nSPS) is 10.4. The van der Waals surface area contributed by atoms with Gasteiger partial charge in [0.2, 0.25) is 0 Å². The van der Waals surface area contributed by atoms with E-state index in [2.05, 4.69) is 15.8 Å². The standard InChI is InChI=1S/C9H8Cl2N4O2S/c1-12-9(18)14-13-4-5-2-8(15(16)17)7(11)3-6(5)10/h2-4H,1H3,(H2,12,14,18). The minimum atomic E-state index is -0.596. The van der Waals surface area contributed by atoms with Crippen molar-refractivity contribution in [3.63, 3.8) is 0 Å². The molecule has 0 aromatic heterocycles. The van der Waals surface area contributed by atoms with Crippen LogP contribution in [0, 0.1) is 10.1 Å². The van der Waals surface area contributed by atoms with Crippen LogP contribution in [0.15, 0.2) is 17.2 Å². The fourth-order valence-electron chi connectivity index (χ4n) is 1.01. The number of benzene rings is 1. The van der Waals surface area contributed by atoms with Crippen molar-refractivity contribution in [2.75, 3.05) is 7.05 Å². The molecule has 0 spiro atoms. The summed E-state index contributed by atoms with van der Waals surface area (Å²) in [5.41, 5.74) is 2.62. The first-order valence-corrected chi connectivity index (χ1v) is 5.76. The predicted octanol–water partition coefficient (Wildman–Crippen LogP) is 2.33. The summed E-state index contributed by atoms with van der Waals surface area (Å²) in [5.74, 6) is 0. The molecular formula is C9H8Cl2N4O2S. The van der Waals surface area contributed by atoms with Crippen molar-refractivity contribution in [2.24, 2.45) is 5.10 Å². The van der Waals surface area contributed by atoms with Crippen LogP contribution in [0.25, 0.3) is 0 Å². The fraction of sp³-hybridized carbons (Fsp3) is 0.111. The molecule has 0 aliphatic carbocycles. The van der Waals surface area contributed by atoms with Gasteiger partial charge in [-0.1, -0.05) is 23.2 Å². The molecule has 18 heavy (non-hydrogen) atoms. The average molecular weight is 307 g/mol. The maximum absolute atomic E-state index is 10.7. The Morgan fingerprint density at radius 2 is 2.17 bits per heavy atom. The third-order valence-electron chi connectivity index (χ3n) is 1.86. The Morgan fingerprint density at radius 1 is 1.50 bits per heavy atom. The van der Waals surface area contributed by atoms with E-state index in [1.807, 2.05) is 0 Å². The van der Waals surface area contributed by atoms with E-state index in [9.17, 15) is 10.1 Å². The van der Waals surface area contributed by atoms with E-state index in [1.165, 1.54) is 18.3 Å². The molecule has 0 aliphatic rings. The predicted molar refractivity (Wildman–Crippen MR) is 75.5 cm³/mol. The van der Waals surface area contributed by atoms with Crippen molar-refractivity contribution in [1.82, 2.24) is 10.7 Å². The van der Waals surface area contributed by atoms with Crippen molar-refractivity contribution in [3.05, 3.63) is 37.9 Å². The smallest absolute Gasteiger partial charge is 0.288 e. The first kappa shape index (κ1) is 14.6. The van der Waals surface area contributed by atoms with Crippen LogP contribution < -0.4 is 10.7 Å². The second kappa shape index (κ2) is 6.48. The van der Waals surface area contributed by atoms with Gasteiger partial charge in [-0.25, -0.2) is 0 Å². The summed E-state index contributed by atoms with van der Waals surface area (Å²) in [6.07, 6.45) is 1.31. The minimum absolute atomic E-state index is 0.0270. The van der Waals surface area contributed by atoms with Gasteiger partial charge in [0.15, 0.2) is 5.11 Å². The number of hydrogen-bond donors (Lipinski definition) is 2. The van der Waals surface area contributed by atoms with Gasteiger partial charge in [-0.2, -0.15) is 5.10 Å². The Bertz CT molecular complexity index is 522. The molecule has 0 saturated carbocycles. The van der Waals surface area contributed by atoms with E-state index < -0.39 is 4.92 Å². The molecule has 0 amide bonds. The number of nitrogens with zero attached hydrogens (tertiary/aromatic N) is 2. The van der Waals surface area contributed by atoms with Crippen LogP contribution in [0.1, 0.15) is 5.56 Å². The highest BCUT2D eigenvalue weighted by Gasteiger charge is 2.15. The van der Waals surface area contributed by atoms with E-state index in [-0.39, 0.29) is 15.7 Å². The lowest BCUT2D eigenvalue weighted by molar-refractivity contribution is -0.384. The molecule has 0 bridgehead atoms. The zero-order chi connectivity index (χ0) is 13.7. The number of hydrazone groups is 1. The van der Waals surface area contributed by atoms with E-state index in [0.29, 0.717) is 10.7 Å². The first-order chi connectivity index (χ1) is 8.45. The van der Waals surface area contributed by atoms with Crippen molar-refractivity contribution < 1.29 is 4.92 Å². The van der Waals surface area contributed by atoms with E-state index in [4.69, 9.17) is 35.4 Å². The summed E-state index contributed by atoms with van der Waals surface area (Å²) in [5, 5.41) is 17.7. The second-order valence-corrected chi connectivity index (χ2v) is 4.25. The van der Waals surface area contributed by atoms with E-state index in [1.54, 1.807) is 7.05 Å². The third-order valence-corrected chi connectivity index (χ3v) is 2.79.